The van der Waals surface area contributed by atoms with Gasteiger partial charge in [-0.15, -0.1) is 22.7 Å². The van der Waals surface area contributed by atoms with E-state index in [-0.39, 0.29) is 22.0 Å². The number of rotatable bonds is 11. The number of amides is 3. The lowest BCUT2D eigenvalue weighted by Gasteiger charge is -2.19. The number of thiazole rings is 1. The predicted octanol–water partition coefficient (Wildman–Crippen LogP) is 15.1. The molecule has 0 aliphatic heterocycles. The van der Waals surface area contributed by atoms with E-state index in [1.165, 1.54) is 29.7 Å². The maximum Gasteiger partial charge on any atom is 0.412 e. The largest absolute Gasteiger partial charge is 0.478 e. The highest BCUT2D eigenvalue weighted by atomic mass is 32.1. The summed E-state index contributed by atoms with van der Waals surface area (Å²) >= 11 is 2.60. The number of aryl methyl sites for hydroxylation is 1. The monoisotopic (exact) mass is 1170 g/mol. The summed E-state index contributed by atoms with van der Waals surface area (Å²) in [4.78, 5) is 89.7. The van der Waals surface area contributed by atoms with E-state index in [0.29, 0.717) is 56.0 Å². The number of ether oxygens (including phenoxy) is 3. The first-order valence-corrected chi connectivity index (χ1v) is 27.0. The number of carboxylic acid groups (broad SMARTS) is 3. The molecule has 0 fully saturated rings. The van der Waals surface area contributed by atoms with Gasteiger partial charge in [-0.3, -0.25) is 25.7 Å². The summed E-state index contributed by atoms with van der Waals surface area (Å²) < 4.78 is 20.8. The lowest BCUT2D eigenvalue weighted by molar-refractivity contribution is 0.0624. The molecule has 4 heterocycles. The van der Waals surface area contributed by atoms with Gasteiger partial charge in [0, 0.05) is 38.6 Å². The van der Waals surface area contributed by atoms with Crippen LogP contribution in [-0.2, 0) is 14.2 Å². The van der Waals surface area contributed by atoms with Gasteiger partial charge in [0.15, 0.2) is 5.78 Å². The van der Waals surface area contributed by atoms with E-state index in [4.69, 9.17) is 39.7 Å². The second-order valence-electron chi connectivity index (χ2n) is 20.9. The molecule has 0 bridgehead atoms. The van der Waals surface area contributed by atoms with Crippen LogP contribution in [-0.4, -0.2) is 84.1 Å². The standard InChI is InChI=1S/C17H18N2O4.C17H19NO3S.C16H17NO5.C11H10N2O2S/c1-17(2,3)23-16(22)19-13-7-8-14(18-10-13)11-5-4-6-12(9-11)15(20)21;1-11(19)14-8-9-15(22-14)12-6-5-7-13(10-12)18-16(20)21-17(2,3)4;1-16(2,3)22-15(20)17-11-6-4-5-10(9-11)12-7-8-13(21-12)14(18)19;1-6-9(11(14)15)16-10(13-6)7-3-2-4-8(12)5-7/h4-10H,1-3H3,(H,19,22)(H,20,21);5-10H,1-4H3,(H,18,20);4-9H,1-3H3,(H,17,20)(H,18,19);2-5H,12H2,1H3,(H,14,15). The van der Waals surface area contributed by atoms with Gasteiger partial charge in [-0.25, -0.2) is 33.8 Å². The van der Waals surface area contributed by atoms with Gasteiger partial charge in [-0.2, -0.15) is 0 Å². The molecule has 0 radical (unpaired) electrons. The molecule has 20 nitrogen and oxygen atoms in total. The molecule has 0 aliphatic rings. The first-order valence-electron chi connectivity index (χ1n) is 25.3. The molecule has 0 saturated carbocycles. The van der Waals surface area contributed by atoms with Crippen LogP contribution in [0.3, 0.4) is 0 Å². The molecule has 0 unspecified atom stereocenters. The Morgan fingerprint density at radius 1 is 0.542 bits per heavy atom. The third-order valence-electron chi connectivity index (χ3n) is 10.3. The first kappa shape index (κ1) is 64.2. The molecule has 8 N–H and O–H groups in total. The maximum atomic E-state index is 11.8. The number of pyridine rings is 1. The van der Waals surface area contributed by atoms with Gasteiger partial charge >= 0.3 is 36.2 Å². The molecule has 434 valence electrons. The number of aromatic nitrogens is 2. The number of carbonyl (C=O) groups excluding carboxylic acids is 4. The minimum Gasteiger partial charge on any atom is -0.478 e. The molecule has 83 heavy (non-hydrogen) atoms. The summed E-state index contributed by atoms with van der Waals surface area (Å²) in [6.45, 7) is 19.4. The topological polar surface area (TPSA) is 309 Å². The molecule has 4 aromatic heterocycles. The number of furan rings is 1. The van der Waals surface area contributed by atoms with Crippen molar-refractivity contribution in [1.82, 2.24) is 9.97 Å². The lowest BCUT2D eigenvalue weighted by Crippen LogP contribution is -2.27. The van der Waals surface area contributed by atoms with Gasteiger partial charge in [0.25, 0.3) is 0 Å². The highest BCUT2D eigenvalue weighted by molar-refractivity contribution is 7.17. The summed E-state index contributed by atoms with van der Waals surface area (Å²) in [7, 11) is 0. The van der Waals surface area contributed by atoms with Crippen molar-refractivity contribution < 1.29 is 67.5 Å². The number of nitrogen functional groups attached to an aromatic ring is 1. The molecule has 22 heteroatoms. The number of hydrogen-bond acceptors (Lipinski definition) is 16. The number of nitrogens with one attached hydrogen (secondary N) is 3. The Morgan fingerprint density at radius 3 is 1.55 bits per heavy atom. The van der Waals surface area contributed by atoms with Crippen LogP contribution in [0.2, 0.25) is 0 Å². The molecular formula is C61H64N6O14S2. The van der Waals surface area contributed by atoms with E-state index in [1.54, 1.807) is 134 Å². The van der Waals surface area contributed by atoms with Crippen molar-refractivity contribution in [3.05, 3.63) is 166 Å². The van der Waals surface area contributed by atoms with Gasteiger partial charge in [0.05, 0.1) is 33.7 Å². The molecule has 8 aromatic rings. The van der Waals surface area contributed by atoms with Crippen molar-refractivity contribution in [3.8, 4) is 43.6 Å². The normalized spacial score (nSPS) is 10.9. The predicted molar refractivity (Wildman–Crippen MR) is 321 cm³/mol. The van der Waals surface area contributed by atoms with Crippen molar-refractivity contribution in [1.29, 1.82) is 0 Å². The average Bonchev–Trinajstić information content (AvgIpc) is 4.26. The van der Waals surface area contributed by atoms with Crippen LogP contribution in [0.4, 0.5) is 37.1 Å². The Hall–Kier alpha value is -9.67. The van der Waals surface area contributed by atoms with E-state index in [2.05, 4.69) is 25.9 Å². The van der Waals surface area contributed by atoms with Crippen LogP contribution >= 0.6 is 22.7 Å². The van der Waals surface area contributed by atoms with Crippen molar-refractivity contribution in [2.75, 3.05) is 21.7 Å². The SMILES string of the molecule is CC(=O)c1ccc(-c2cccc(NC(=O)OC(C)(C)C)c2)s1.CC(C)(C)OC(=O)Nc1ccc(-c2cccc(C(=O)O)c2)nc1.CC(C)(C)OC(=O)Nc1cccc(-c2ccc(C(=O)O)o2)c1.Cc1nc(-c2cccc(N)c2)sc1C(=O)O. The number of benzene rings is 4. The molecule has 4 aromatic carbocycles. The van der Waals surface area contributed by atoms with E-state index in [0.717, 1.165) is 32.2 Å². The number of Topliss-reactive ketones (excluding diaryl/α,β-unsaturated/α-hetero) is 1. The molecule has 8 rings (SSSR count). The van der Waals surface area contributed by atoms with Gasteiger partial charge in [0.1, 0.15) is 32.4 Å². The van der Waals surface area contributed by atoms with Gasteiger partial charge in [-0.05, 0) is 167 Å². The number of nitrogens with two attached hydrogens (primary N) is 1. The Morgan fingerprint density at radius 2 is 1.07 bits per heavy atom. The number of ketones is 1. The minimum absolute atomic E-state index is 0.0549. The van der Waals surface area contributed by atoms with Crippen LogP contribution < -0.4 is 21.7 Å². The smallest absolute Gasteiger partial charge is 0.412 e. The Balaban J connectivity index is 0.000000204. The summed E-state index contributed by atoms with van der Waals surface area (Å²) in [6.07, 6.45) is -0.109. The zero-order valence-corrected chi connectivity index (χ0v) is 49.0. The second kappa shape index (κ2) is 28.2. The van der Waals surface area contributed by atoms with Crippen LogP contribution in [0.1, 0.15) is 115 Å². The Bertz CT molecular complexity index is 3480. The number of carbonyl (C=O) groups is 7. The summed E-state index contributed by atoms with van der Waals surface area (Å²) in [5, 5.41) is 35.4. The summed E-state index contributed by atoms with van der Waals surface area (Å²) in [5.41, 5.74) is 10.8. The van der Waals surface area contributed by atoms with Crippen molar-refractivity contribution in [3.63, 3.8) is 0 Å². The molecule has 3 amide bonds. The first-order chi connectivity index (χ1) is 38.8. The molecule has 0 saturated heterocycles. The molecule has 0 atom stereocenters. The quantitative estimate of drug-likeness (QED) is 0.0359. The second-order valence-corrected chi connectivity index (χ2v) is 23.0. The van der Waals surface area contributed by atoms with Crippen molar-refractivity contribution in [2.24, 2.45) is 0 Å². The van der Waals surface area contributed by atoms with Crippen LogP contribution in [0.15, 0.2) is 144 Å². The fourth-order valence-electron chi connectivity index (χ4n) is 6.90. The van der Waals surface area contributed by atoms with E-state index < -0.39 is 53.0 Å². The number of aromatic carboxylic acids is 3. The fraction of sp³-hybridized carbons (Fsp3) is 0.230. The fourth-order valence-corrected chi connectivity index (χ4v) is 8.69. The zero-order valence-electron chi connectivity index (χ0n) is 47.4. The zero-order chi connectivity index (χ0) is 61.4. The number of nitrogens with zero attached hydrogens (tertiary/aromatic N) is 2. The van der Waals surface area contributed by atoms with Gasteiger partial charge in [-0.1, -0.05) is 48.5 Å². The number of hydrogen-bond donors (Lipinski definition) is 7. The van der Waals surface area contributed by atoms with Crippen LogP contribution in [0.25, 0.3) is 43.6 Å². The Kier molecular flexibility index (Phi) is 21.8. The number of carboxylic acids is 3. The third kappa shape index (κ3) is 21.4. The highest BCUT2D eigenvalue weighted by Gasteiger charge is 2.20. The number of thiophene rings is 1. The van der Waals surface area contributed by atoms with Gasteiger partial charge < -0.3 is 39.7 Å². The number of anilines is 4. The maximum absolute atomic E-state index is 11.8. The van der Waals surface area contributed by atoms with E-state index in [1.807, 2.05) is 63.2 Å². The van der Waals surface area contributed by atoms with Crippen LogP contribution in [0, 0.1) is 6.92 Å². The summed E-state index contributed by atoms with van der Waals surface area (Å²) in [5.74, 6) is -2.74. The summed E-state index contributed by atoms with van der Waals surface area (Å²) in [6, 6.07) is 38.1. The van der Waals surface area contributed by atoms with Crippen molar-refractivity contribution in [2.45, 2.75) is 93.0 Å². The van der Waals surface area contributed by atoms with Crippen molar-refractivity contribution >= 4 is 87.4 Å². The Labute approximate surface area is 487 Å². The minimum atomic E-state index is -1.13. The molecular weight excluding hydrogens is 1100 g/mol. The molecule has 0 aliphatic carbocycles. The van der Waals surface area contributed by atoms with E-state index in [9.17, 15) is 33.6 Å². The highest BCUT2D eigenvalue weighted by Crippen LogP contribution is 2.32. The average molecular weight is 1170 g/mol. The van der Waals surface area contributed by atoms with Crippen LogP contribution in [0.5, 0.6) is 0 Å². The molecule has 0 spiro atoms. The lowest BCUT2D eigenvalue weighted by atomic mass is 10.1. The third-order valence-corrected chi connectivity index (χ3v) is 12.7. The van der Waals surface area contributed by atoms with E-state index >= 15 is 0 Å². The van der Waals surface area contributed by atoms with Gasteiger partial charge in [0.2, 0.25) is 5.76 Å².